The molecular formula is C11H13FN4O3S. The summed E-state index contributed by atoms with van der Waals surface area (Å²) in [4.78, 5) is 0. The molecule has 2 rings (SSSR count). The number of hydrogen-bond acceptors (Lipinski definition) is 6. The normalized spacial score (nSPS) is 13.2. The van der Waals surface area contributed by atoms with Crippen LogP contribution in [0.4, 0.5) is 16.1 Å². The Bertz CT molecular complexity index is 701. The molecule has 0 saturated carbocycles. The maximum Gasteiger partial charge on any atom is 0.320 e. The summed E-state index contributed by atoms with van der Waals surface area (Å²) in [6.07, 6.45) is 1.03. The molecule has 1 heterocycles. The highest BCUT2D eigenvalue weighted by molar-refractivity contribution is 7.88. The fourth-order valence-corrected chi connectivity index (χ4v) is 2.26. The van der Waals surface area contributed by atoms with E-state index in [1.165, 1.54) is 18.2 Å². The second kappa shape index (κ2) is 5.55. The molecule has 0 aliphatic heterocycles. The predicted octanol–water partition coefficient (Wildman–Crippen LogP) is 1.56. The molecule has 1 aromatic heterocycles. The molecule has 108 valence electrons. The Labute approximate surface area is 115 Å². The Morgan fingerprint density at radius 2 is 2.10 bits per heavy atom. The fourth-order valence-electron chi connectivity index (χ4n) is 1.52. The van der Waals surface area contributed by atoms with Gasteiger partial charge in [0.05, 0.1) is 12.3 Å². The standard InChI is InChI=1S/C11H13FN4O3S/c1-7(16-20(2,17)18)10-14-15-11(19-10)13-9-5-3-4-8(12)6-9/h3-7,16H,1-2H3,(H,13,15). The number of aromatic nitrogens is 2. The summed E-state index contributed by atoms with van der Waals surface area (Å²) in [5.74, 6) is -0.295. The van der Waals surface area contributed by atoms with Crippen LogP contribution >= 0.6 is 0 Å². The van der Waals surface area contributed by atoms with Crippen LogP contribution in [0.5, 0.6) is 0 Å². The quantitative estimate of drug-likeness (QED) is 0.869. The van der Waals surface area contributed by atoms with Crippen LogP contribution in [0.2, 0.25) is 0 Å². The molecule has 0 fully saturated rings. The Morgan fingerprint density at radius 3 is 2.75 bits per heavy atom. The number of nitrogens with one attached hydrogen (secondary N) is 2. The van der Waals surface area contributed by atoms with Gasteiger partial charge in [0.25, 0.3) is 0 Å². The molecule has 2 aromatic rings. The lowest BCUT2D eigenvalue weighted by molar-refractivity contribution is 0.455. The van der Waals surface area contributed by atoms with Crippen molar-refractivity contribution in [2.24, 2.45) is 0 Å². The molecule has 1 atom stereocenters. The van der Waals surface area contributed by atoms with Crippen molar-refractivity contribution < 1.29 is 17.2 Å². The maximum absolute atomic E-state index is 13.0. The number of anilines is 2. The number of halogens is 1. The lowest BCUT2D eigenvalue weighted by atomic mass is 10.3. The molecule has 0 aliphatic rings. The number of hydrogen-bond donors (Lipinski definition) is 2. The van der Waals surface area contributed by atoms with E-state index >= 15 is 0 Å². The van der Waals surface area contributed by atoms with Gasteiger partial charge in [0.15, 0.2) is 0 Å². The molecule has 0 amide bonds. The van der Waals surface area contributed by atoms with Crippen molar-refractivity contribution in [1.29, 1.82) is 0 Å². The molecular weight excluding hydrogens is 287 g/mol. The SMILES string of the molecule is CC(NS(C)(=O)=O)c1nnc(Nc2cccc(F)c2)o1. The summed E-state index contributed by atoms with van der Waals surface area (Å²) in [6, 6.07) is 5.13. The van der Waals surface area contributed by atoms with Crippen LogP contribution in [0.25, 0.3) is 0 Å². The zero-order chi connectivity index (χ0) is 14.8. The van der Waals surface area contributed by atoms with E-state index in [9.17, 15) is 12.8 Å². The summed E-state index contributed by atoms with van der Waals surface area (Å²) < 4.78 is 42.8. The van der Waals surface area contributed by atoms with Gasteiger partial charge in [0, 0.05) is 5.69 Å². The first-order valence-electron chi connectivity index (χ1n) is 5.67. The average Bonchev–Trinajstić information content (AvgIpc) is 2.75. The first-order chi connectivity index (χ1) is 9.33. The Hall–Kier alpha value is -2.00. The third kappa shape index (κ3) is 4.00. The molecule has 9 heteroatoms. The Kier molecular flexibility index (Phi) is 4.00. The second-order valence-electron chi connectivity index (χ2n) is 4.19. The van der Waals surface area contributed by atoms with Gasteiger partial charge in [0.2, 0.25) is 15.9 Å². The molecule has 0 spiro atoms. The smallest absolute Gasteiger partial charge is 0.320 e. The van der Waals surface area contributed by atoms with Crippen LogP contribution in [0.3, 0.4) is 0 Å². The van der Waals surface area contributed by atoms with E-state index in [0.29, 0.717) is 5.69 Å². The predicted molar refractivity (Wildman–Crippen MR) is 70.4 cm³/mol. The van der Waals surface area contributed by atoms with Crippen LogP contribution in [0.15, 0.2) is 28.7 Å². The number of sulfonamides is 1. The summed E-state index contributed by atoms with van der Waals surface area (Å²) in [6.45, 7) is 1.57. The monoisotopic (exact) mass is 300 g/mol. The number of rotatable bonds is 5. The van der Waals surface area contributed by atoms with Crippen LogP contribution in [-0.2, 0) is 10.0 Å². The maximum atomic E-state index is 13.0. The van der Waals surface area contributed by atoms with E-state index < -0.39 is 21.9 Å². The van der Waals surface area contributed by atoms with Gasteiger partial charge in [-0.05, 0) is 25.1 Å². The largest absolute Gasteiger partial charge is 0.406 e. The van der Waals surface area contributed by atoms with Gasteiger partial charge in [-0.2, -0.15) is 0 Å². The second-order valence-corrected chi connectivity index (χ2v) is 5.97. The first-order valence-corrected chi connectivity index (χ1v) is 7.56. The van der Waals surface area contributed by atoms with E-state index in [0.717, 1.165) is 6.26 Å². The Morgan fingerprint density at radius 1 is 1.35 bits per heavy atom. The van der Waals surface area contributed by atoms with Gasteiger partial charge >= 0.3 is 6.01 Å². The fraction of sp³-hybridized carbons (Fsp3) is 0.273. The zero-order valence-electron chi connectivity index (χ0n) is 10.8. The number of nitrogens with zero attached hydrogens (tertiary/aromatic N) is 2. The van der Waals surface area contributed by atoms with E-state index in [1.807, 2.05) is 0 Å². The topological polar surface area (TPSA) is 97.1 Å². The average molecular weight is 300 g/mol. The third-order valence-electron chi connectivity index (χ3n) is 2.28. The highest BCUT2D eigenvalue weighted by atomic mass is 32.2. The highest BCUT2D eigenvalue weighted by Gasteiger charge is 2.17. The summed E-state index contributed by atoms with van der Waals surface area (Å²) >= 11 is 0. The minimum atomic E-state index is -3.37. The zero-order valence-corrected chi connectivity index (χ0v) is 11.6. The minimum Gasteiger partial charge on any atom is -0.406 e. The van der Waals surface area contributed by atoms with Gasteiger partial charge in [0.1, 0.15) is 5.82 Å². The summed E-state index contributed by atoms with van der Waals surface area (Å²) in [5, 5.41) is 10.2. The Balaban J connectivity index is 2.09. The van der Waals surface area contributed by atoms with E-state index in [1.54, 1.807) is 13.0 Å². The highest BCUT2D eigenvalue weighted by Crippen LogP contribution is 2.19. The van der Waals surface area contributed by atoms with Gasteiger partial charge in [-0.15, -0.1) is 5.10 Å². The number of benzene rings is 1. The van der Waals surface area contributed by atoms with Crippen molar-refractivity contribution in [1.82, 2.24) is 14.9 Å². The molecule has 1 unspecified atom stereocenters. The van der Waals surface area contributed by atoms with Crippen LogP contribution in [0, 0.1) is 5.82 Å². The van der Waals surface area contributed by atoms with Crippen LogP contribution in [-0.4, -0.2) is 24.9 Å². The van der Waals surface area contributed by atoms with Crippen molar-refractivity contribution in [3.05, 3.63) is 36.0 Å². The lowest BCUT2D eigenvalue weighted by Crippen LogP contribution is -2.25. The molecule has 7 nitrogen and oxygen atoms in total. The molecule has 1 aromatic carbocycles. The molecule has 0 aliphatic carbocycles. The van der Waals surface area contributed by atoms with E-state index in [2.05, 4.69) is 20.2 Å². The van der Waals surface area contributed by atoms with Gasteiger partial charge in [-0.3, -0.25) is 0 Å². The lowest BCUT2D eigenvalue weighted by Gasteiger charge is -2.06. The third-order valence-corrected chi connectivity index (χ3v) is 3.06. The molecule has 0 saturated heterocycles. The summed E-state index contributed by atoms with van der Waals surface area (Å²) in [7, 11) is -3.37. The van der Waals surface area contributed by atoms with Crippen molar-refractivity contribution in [3.63, 3.8) is 0 Å². The van der Waals surface area contributed by atoms with Gasteiger partial charge in [-0.25, -0.2) is 17.5 Å². The van der Waals surface area contributed by atoms with Crippen LogP contribution < -0.4 is 10.0 Å². The van der Waals surface area contributed by atoms with E-state index in [4.69, 9.17) is 4.42 Å². The molecule has 0 radical (unpaired) electrons. The van der Waals surface area contributed by atoms with Crippen molar-refractivity contribution in [2.75, 3.05) is 11.6 Å². The first kappa shape index (κ1) is 14.4. The van der Waals surface area contributed by atoms with Crippen LogP contribution in [0.1, 0.15) is 18.9 Å². The van der Waals surface area contributed by atoms with Gasteiger partial charge < -0.3 is 9.73 Å². The minimum absolute atomic E-state index is 0.0488. The van der Waals surface area contributed by atoms with Crippen molar-refractivity contribution >= 4 is 21.7 Å². The summed E-state index contributed by atoms with van der Waals surface area (Å²) in [5.41, 5.74) is 0.448. The molecule has 0 bridgehead atoms. The van der Waals surface area contributed by atoms with Crippen molar-refractivity contribution in [3.8, 4) is 0 Å². The molecule has 20 heavy (non-hydrogen) atoms. The van der Waals surface area contributed by atoms with Crippen molar-refractivity contribution in [2.45, 2.75) is 13.0 Å². The van der Waals surface area contributed by atoms with E-state index in [-0.39, 0.29) is 11.9 Å². The van der Waals surface area contributed by atoms with Gasteiger partial charge in [-0.1, -0.05) is 11.2 Å². The molecule has 2 N–H and O–H groups in total.